The molecule has 0 bridgehead atoms. The zero-order valence-corrected chi connectivity index (χ0v) is 20.5. The summed E-state index contributed by atoms with van der Waals surface area (Å²) in [6.45, 7) is 10.3. The Labute approximate surface area is 196 Å². The standard InChI is InChI=1S/C25H35N3O5/c1-25(2,3)33-24(29)19-8-7-18-15-22(32-14-11-28-9-12-31-13-10-28)21(30-6)16-20(18)23(19)26-17-27(4)5/h7-8,15-17H,9-14H2,1-6H3. The summed E-state index contributed by atoms with van der Waals surface area (Å²) in [5, 5.41) is 1.68. The average molecular weight is 458 g/mol. The molecule has 0 aromatic heterocycles. The molecule has 8 heteroatoms. The number of methoxy groups -OCH3 is 1. The fourth-order valence-electron chi connectivity index (χ4n) is 3.51. The zero-order chi connectivity index (χ0) is 24.0. The Morgan fingerprint density at radius 3 is 2.55 bits per heavy atom. The van der Waals surface area contributed by atoms with Crippen molar-refractivity contribution in [2.75, 3.05) is 60.7 Å². The SMILES string of the molecule is COc1cc2c(N=CN(C)C)c(C(=O)OC(C)(C)C)ccc2cc1OCCN1CCOCC1. The van der Waals surface area contributed by atoms with Gasteiger partial charge in [0.15, 0.2) is 11.5 Å². The predicted octanol–water partition coefficient (Wildman–Crippen LogP) is 3.74. The average Bonchev–Trinajstić information content (AvgIpc) is 2.76. The maximum absolute atomic E-state index is 12.9. The second kappa shape index (κ2) is 10.9. The molecule has 0 unspecified atom stereocenters. The first-order chi connectivity index (χ1) is 15.7. The number of aliphatic imine (C=N–C) groups is 1. The van der Waals surface area contributed by atoms with E-state index < -0.39 is 11.6 Å². The van der Waals surface area contributed by atoms with Gasteiger partial charge in [0.2, 0.25) is 0 Å². The number of rotatable bonds is 8. The summed E-state index contributed by atoms with van der Waals surface area (Å²) >= 11 is 0. The van der Waals surface area contributed by atoms with Crippen LogP contribution < -0.4 is 9.47 Å². The molecule has 1 saturated heterocycles. The fraction of sp³-hybridized carbons (Fsp3) is 0.520. The molecule has 3 rings (SSSR count). The molecule has 1 fully saturated rings. The van der Waals surface area contributed by atoms with Crippen molar-refractivity contribution in [2.24, 2.45) is 4.99 Å². The van der Waals surface area contributed by atoms with Gasteiger partial charge in [-0.1, -0.05) is 6.07 Å². The van der Waals surface area contributed by atoms with E-state index in [0.29, 0.717) is 29.4 Å². The molecule has 1 heterocycles. The van der Waals surface area contributed by atoms with Gasteiger partial charge in [0, 0.05) is 39.1 Å². The normalized spacial score (nSPS) is 15.1. The predicted molar refractivity (Wildman–Crippen MR) is 130 cm³/mol. The van der Waals surface area contributed by atoms with Crippen molar-refractivity contribution in [3.63, 3.8) is 0 Å². The lowest BCUT2D eigenvalue weighted by atomic mass is 10.0. The van der Waals surface area contributed by atoms with E-state index in [9.17, 15) is 4.79 Å². The highest BCUT2D eigenvalue weighted by molar-refractivity contribution is 6.07. The Kier molecular flexibility index (Phi) is 8.15. The Balaban J connectivity index is 1.94. The summed E-state index contributed by atoms with van der Waals surface area (Å²) in [6, 6.07) is 7.44. The van der Waals surface area contributed by atoms with Crippen LogP contribution >= 0.6 is 0 Å². The number of hydrogen-bond donors (Lipinski definition) is 0. The van der Waals surface area contributed by atoms with Crippen LogP contribution in [0.2, 0.25) is 0 Å². The molecule has 180 valence electrons. The number of fused-ring (bicyclic) bond motifs is 1. The zero-order valence-electron chi connectivity index (χ0n) is 20.5. The van der Waals surface area contributed by atoms with Gasteiger partial charge in [-0.2, -0.15) is 0 Å². The van der Waals surface area contributed by atoms with Gasteiger partial charge in [-0.15, -0.1) is 0 Å². The number of benzene rings is 2. The van der Waals surface area contributed by atoms with Crippen LogP contribution in [0.1, 0.15) is 31.1 Å². The van der Waals surface area contributed by atoms with E-state index in [2.05, 4.69) is 9.89 Å². The van der Waals surface area contributed by atoms with Gasteiger partial charge in [-0.25, -0.2) is 9.79 Å². The molecule has 0 aliphatic carbocycles. The van der Waals surface area contributed by atoms with Crippen molar-refractivity contribution in [1.82, 2.24) is 9.80 Å². The van der Waals surface area contributed by atoms with Gasteiger partial charge in [-0.3, -0.25) is 4.90 Å². The second-order valence-corrected chi connectivity index (χ2v) is 9.20. The number of morpholine rings is 1. The van der Waals surface area contributed by atoms with E-state index in [-0.39, 0.29) is 0 Å². The van der Waals surface area contributed by atoms with Crippen LogP contribution in [0.4, 0.5) is 5.69 Å². The maximum atomic E-state index is 12.9. The van der Waals surface area contributed by atoms with Crippen LogP contribution in [0.5, 0.6) is 11.5 Å². The summed E-state index contributed by atoms with van der Waals surface area (Å²) in [7, 11) is 5.36. The first kappa shape index (κ1) is 24.8. The van der Waals surface area contributed by atoms with Crippen LogP contribution in [-0.4, -0.2) is 88.4 Å². The van der Waals surface area contributed by atoms with Crippen molar-refractivity contribution in [3.05, 3.63) is 29.8 Å². The highest BCUT2D eigenvalue weighted by Gasteiger charge is 2.22. The second-order valence-electron chi connectivity index (χ2n) is 9.20. The van der Waals surface area contributed by atoms with E-state index in [1.165, 1.54) is 0 Å². The van der Waals surface area contributed by atoms with Crippen molar-refractivity contribution in [1.29, 1.82) is 0 Å². The maximum Gasteiger partial charge on any atom is 0.340 e. The van der Waals surface area contributed by atoms with Gasteiger partial charge >= 0.3 is 5.97 Å². The van der Waals surface area contributed by atoms with Crippen LogP contribution in [0.3, 0.4) is 0 Å². The summed E-state index contributed by atoms with van der Waals surface area (Å²) in [5.41, 5.74) is 0.330. The Bertz CT molecular complexity index is 992. The van der Waals surface area contributed by atoms with Gasteiger partial charge in [-0.05, 0) is 44.4 Å². The third kappa shape index (κ3) is 6.82. The number of carbonyl (C=O) groups is 1. The van der Waals surface area contributed by atoms with Crippen molar-refractivity contribution in [3.8, 4) is 11.5 Å². The molecule has 0 N–H and O–H groups in total. The minimum Gasteiger partial charge on any atom is -0.493 e. The molecule has 0 radical (unpaired) electrons. The number of hydrogen-bond acceptors (Lipinski definition) is 7. The number of carbonyl (C=O) groups excluding carboxylic acids is 1. The summed E-state index contributed by atoms with van der Waals surface area (Å²) < 4.78 is 22.7. The van der Waals surface area contributed by atoms with Gasteiger partial charge in [0.05, 0.1) is 37.9 Å². The Hall–Kier alpha value is -2.84. The number of ether oxygens (including phenoxy) is 4. The van der Waals surface area contributed by atoms with Crippen LogP contribution in [-0.2, 0) is 9.47 Å². The summed E-state index contributed by atoms with van der Waals surface area (Å²) in [6.07, 6.45) is 1.67. The van der Waals surface area contributed by atoms with E-state index >= 15 is 0 Å². The number of esters is 1. The fourth-order valence-corrected chi connectivity index (χ4v) is 3.51. The van der Waals surface area contributed by atoms with Gasteiger partial charge in [0.25, 0.3) is 0 Å². The monoisotopic (exact) mass is 457 g/mol. The molecular formula is C25H35N3O5. The first-order valence-corrected chi connectivity index (χ1v) is 11.2. The largest absolute Gasteiger partial charge is 0.493 e. The van der Waals surface area contributed by atoms with Crippen LogP contribution in [0, 0.1) is 0 Å². The number of nitrogens with zero attached hydrogens (tertiary/aromatic N) is 3. The lowest BCUT2D eigenvalue weighted by molar-refractivity contribution is 0.00707. The summed E-state index contributed by atoms with van der Waals surface area (Å²) in [4.78, 5) is 21.6. The molecule has 33 heavy (non-hydrogen) atoms. The topological polar surface area (TPSA) is 72.8 Å². The molecular weight excluding hydrogens is 422 g/mol. The van der Waals surface area contributed by atoms with Crippen molar-refractivity contribution < 1.29 is 23.7 Å². The van der Waals surface area contributed by atoms with E-state index in [1.54, 1.807) is 19.5 Å². The molecule has 1 aliphatic heterocycles. The van der Waals surface area contributed by atoms with Gasteiger partial charge < -0.3 is 23.8 Å². The molecule has 1 aliphatic rings. The third-order valence-electron chi connectivity index (χ3n) is 5.08. The Morgan fingerprint density at radius 1 is 1.18 bits per heavy atom. The molecule has 2 aromatic carbocycles. The summed E-state index contributed by atoms with van der Waals surface area (Å²) in [5.74, 6) is 0.832. The van der Waals surface area contributed by atoms with Crippen LogP contribution in [0.15, 0.2) is 29.3 Å². The highest BCUT2D eigenvalue weighted by Crippen LogP contribution is 2.39. The smallest absolute Gasteiger partial charge is 0.340 e. The molecule has 8 nitrogen and oxygen atoms in total. The molecule has 2 aromatic rings. The molecule has 0 spiro atoms. The highest BCUT2D eigenvalue weighted by atomic mass is 16.6. The van der Waals surface area contributed by atoms with E-state index in [4.69, 9.17) is 18.9 Å². The quantitative estimate of drug-likeness (QED) is 0.340. The third-order valence-corrected chi connectivity index (χ3v) is 5.08. The van der Waals surface area contributed by atoms with Gasteiger partial charge in [0.1, 0.15) is 12.2 Å². The van der Waals surface area contributed by atoms with Crippen molar-refractivity contribution >= 4 is 28.8 Å². The minimum absolute atomic E-state index is 0.401. The molecule has 0 saturated carbocycles. The Morgan fingerprint density at radius 2 is 1.91 bits per heavy atom. The lowest BCUT2D eigenvalue weighted by Crippen LogP contribution is -2.38. The minimum atomic E-state index is -0.607. The van der Waals surface area contributed by atoms with Crippen molar-refractivity contribution in [2.45, 2.75) is 26.4 Å². The van der Waals surface area contributed by atoms with E-state index in [1.807, 2.05) is 58.0 Å². The lowest BCUT2D eigenvalue weighted by Gasteiger charge is -2.26. The molecule has 0 atom stereocenters. The van der Waals surface area contributed by atoms with Crippen LogP contribution in [0.25, 0.3) is 10.8 Å². The van der Waals surface area contributed by atoms with E-state index in [0.717, 1.165) is 43.6 Å². The first-order valence-electron chi connectivity index (χ1n) is 11.2. The molecule has 0 amide bonds.